The molecule has 78 valence electrons. The van der Waals surface area contributed by atoms with Crippen molar-refractivity contribution in [3.63, 3.8) is 0 Å². The maximum Gasteiger partial charge on any atom is 0.126 e. The Morgan fingerprint density at radius 2 is 2.21 bits per heavy atom. The number of halogens is 3. The highest BCUT2D eigenvalue weighted by Crippen LogP contribution is 2.27. The quantitative estimate of drug-likeness (QED) is 0.833. The van der Waals surface area contributed by atoms with Gasteiger partial charge in [-0.3, -0.25) is 0 Å². The zero-order valence-corrected chi connectivity index (χ0v) is 10.00. The highest BCUT2D eigenvalue weighted by Gasteiger charge is 2.19. The van der Waals surface area contributed by atoms with E-state index in [2.05, 4.69) is 21.2 Å². The number of rotatable bonds is 1. The summed E-state index contributed by atoms with van der Waals surface area (Å²) in [5, 5.41) is 3.24. The Labute approximate surface area is 97.6 Å². The third-order valence-corrected chi connectivity index (χ3v) is 2.95. The Morgan fingerprint density at radius 3 is 2.86 bits per heavy atom. The van der Waals surface area contributed by atoms with Gasteiger partial charge >= 0.3 is 0 Å². The van der Waals surface area contributed by atoms with E-state index in [1.54, 1.807) is 6.07 Å². The molecule has 0 radical (unpaired) electrons. The highest BCUT2D eigenvalue weighted by atomic mass is 79.9. The van der Waals surface area contributed by atoms with Crippen molar-refractivity contribution in [2.45, 2.75) is 12.3 Å². The Bertz CT molecular complexity index is 313. The van der Waals surface area contributed by atoms with Crippen molar-refractivity contribution in [1.82, 2.24) is 5.32 Å². The standard InChI is InChI=1S/C10H11BrFN.ClH/c11-8-1-2-10(12)9(5-8)7-3-4-13-6-7;/h1-2,5,7,13H,3-4,6H2;1H. The van der Waals surface area contributed by atoms with Crippen LogP contribution in [-0.4, -0.2) is 13.1 Å². The normalized spacial score (nSPS) is 20.6. The van der Waals surface area contributed by atoms with Gasteiger partial charge in [0.2, 0.25) is 0 Å². The van der Waals surface area contributed by atoms with Gasteiger partial charge in [0, 0.05) is 16.9 Å². The van der Waals surface area contributed by atoms with Crippen molar-refractivity contribution in [1.29, 1.82) is 0 Å². The summed E-state index contributed by atoms with van der Waals surface area (Å²) < 4.78 is 14.3. The lowest BCUT2D eigenvalue weighted by Gasteiger charge is -2.09. The number of hydrogen-bond donors (Lipinski definition) is 1. The van der Waals surface area contributed by atoms with Gasteiger partial charge in [0.05, 0.1) is 0 Å². The molecule has 1 N–H and O–H groups in total. The van der Waals surface area contributed by atoms with Crippen molar-refractivity contribution in [3.8, 4) is 0 Å². The van der Waals surface area contributed by atoms with E-state index in [0.29, 0.717) is 5.92 Å². The highest BCUT2D eigenvalue weighted by molar-refractivity contribution is 9.10. The average Bonchev–Trinajstić information content (AvgIpc) is 2.61. The first kappa shape index (κ1) is 12.0. The van der Waals surface area contributed by atoms with Gasteiger partial charge in [-0.25, -0.2) is 4.39 Å². The Kier molecular flexibility index (Phi) is 4.35. The van der Waals surface area contributed by atoms with Gasteiger partial charge in [0.15, 0.2) is 0 Å². The fraction of sp³-hybridized carbons (Fsp3) is 0.400. The molecule has 1 unspecified atom stereocenters. The van der Waals surface area contributed by atoms with Crippen molar-refractivity contribution in [2.75, 3.05) is 13.1 Å². The minimum absolute atomic E-state index is 0. The number of benzene rings is 1. The lowest BCUT2D eigenvalue weighted by atomic mass is 9.98. The SMILES string of the molecule is Cl.Fc1ccc(Br)cc1C1CCNC1. The van der Waals surface area contributed by atoms with Crippen LogP contribution in [0.15, 0.2) is 22.7 Å². The first-order valence-corrected chi connectivity index (χ1v) is 5.22. The maximum absolute atomic E-state index is 13.4. The lowest BCUT2D eigenvalue weighted by Crippen LogP contribution is -2.08. The Hall–Kier alpha value is -0.120. The minimum Gasteiger partial charge on any atom is -0.316 e. The van der Waals surface area contributed by atoms with Crippen LogP contribution < -0.4 is 5.32 Å². The van der Waals surface area contributed by atoms with Gasteiger partial charge in [-0.1, -0.05) is 15.9 Å². The molecular weight excluding hydrogens is 268 g/mol. The fourth-order valence-corrected chi connectivity index (χ4v) is 2.13. The van der Waals surface area contributed by atoms with E-state index < -0.39 is 0 Å². The smallest absolute Gasteiger partial charge is 0.126 e. The van der Waals surface area contributed by atoms with Crippen LogP contribution in [0.2, 0.25) is 0 Å². The van der Waals surface area contributed by atoms with E-state index in [0.717, 1.165) is 29.5 Å². The maximum atomic E-state index is 13.4. The summed E-state index contributed by atoms with van der Waals surface area (Å²) in [6, 6.07) is 5.14. The third-order valence-electron chi connectivity index (χ3n) is 2.46. The minimum atomic E-state index is -0.0862. The van der Waals surface area contributed by atoms with E-state index in [1.165, 1.54) is 6.07 Å². The Morgan fingerprint density at radius 1 is 1.43 bits per heavy atom. The molecule has 1 heterocycles. The van der Waals surface area contributed by atoms with Gasteiger partial charge in [0.1, 0.15) is 5.82 Å². The Balaban J connectivity index is 0.000000980. The molecule has 4 heteroatoms. The zero-order valence-electron chi connectivity index (χ0n) is 7.59. The van der Waals surface area contributed by atoms with Crippen LogP contribution in [0.5, 0.6) is 0 Å². The molecule has 1 nitrogen and oxygen atoms in total. The predicted molar refractivity (Wildman–Crippen MR) is 61.6 cm³/mol. The van der Waals surface area contributed by atoms with E-state index in [4.69, 9.17) is 0 Å². The molecule has 1 atom stereocenters. The molecule has 1 saturated heterocycles. The molecule has 0 amide bonds. The second kappa shape index (κ2) is 5.10. The average molecular weight is 281 g/mol. The molecule has 1 aliphatic rings. The van der Waals surface area contributed by atoms with Crippen molar-refractivity contribution < 1.29 is 4.39 Å². The van der Waals surface area contributed by atoms with Crippen LogP contribution >= 0.6 is 28.3 Å². The van der Waals surface area contributed by atoms with Crippen LogP contribution in [0, 0.1) is 5.82 Å². The number of nitrogens with one attached hydrogen (secondary N) is 1. The van der Waals surface area contributed by atoms with Crippen molar-refractivity contribution in [2.24, 2.45) is 0 Å². The summed E-state index contributed by atoms with van der Waals surface area (Å²) in [7, 11) is 0. The molecule has 1 aliphatic heterocycles. The van der Waals surface area contributed by atoms with Gasteiger partial charge in [-0.05, 0) is 36.7 Å². The topological polar surface area (TPSA) is 12.0 Å². The molecule has 0 aliphatic carbocycles. The third kappa shape index (κ3) is 2.47. The summed E-state index contributed by atoms with van der Waals surface area (Å²) >= 11 is 3.36. The van der Waals surface area contributed by atoms with Crippen LogP contribution in [0.25, 0.3) is 0 Å². The van der Waals surface area contributed by atoms with Crippen LogP contribution in [-0.2, 0) is 0 Å². The van der Waals surface area contributed by atoms with Crippen LogP contribution in [0.1, 0.15) is 17.9 Å². The first-order valence-electron chi connectivity index (χ1n) is 4.43. The summed E-state index contributed by atoms with van der Waals surface area (Å²) in [4.78, 5) is 0. The van der Waals surface area contributed by atoms with Crippen LogP contribution in [0.4, 0.5) is 4.39 Å². The van der Waals surface area contributed by atoms with Crippen molar-refractivity contribution in [3.05, 3.63) is 34.1 Å². The molecule has 0 spiro atoms. The molecule has 0 bridgehead atoms. The summed E-state index contributed by atoms with van der Waals surface area (Å²) in [5.41, 5.74) is 0.833. The van der Waals surface area contributed by atoms with Gasteiger partial charge in [-0.2, -0.15) is 0 Å². The fourth-order valence-electron chi connectivity index (χ4n) is 1.75. The summed E-state index contributed by atoms with van der Waals surface area (Å²) in [6.45, 7) is 1.89. The monoisotopic (exact) mass is 279 g/mol. The molecule has 2 rings (SSSR count). The molecular formula is C10H12BrClFN. The van der Waals surface area contributed by atoms with Gasteiger partial charge in [-0.15, -0.1) is 12.4 Å². The van der Waals surface area contributed by atoms with E-state index in [-0.39, 0.29) is 18.2 Å². The molecule has 1 aromatic carbocycles. The second-order valence-electron chi connectivity index (χ2n) is 3.36. The van der Waals surface area contributed by atoms with Gasteiger partial charge in [0.25, 0.3) is 0 Å². The van der Waals surface area contributed by atoms with E-state index >= 15 is 0 Å². The largest absolute Gasteiger partial charge is 0.316 e. The van der Waals surface area contributed by atoms with E-state index in [1.807, 2.05) is 6.07 Å². The summed E-state index contributed by atoms with van der Waals surface area (Å²) in [6.07, 6.45) is 1.04. The molecule has 1 aromatic rings. The van der Waals surface area contributed by atoms with Crippen molar-refractivity contribution >= 4 is 28.3 Å². The van der Waals surface area contributed by atoms with Crippen LogP contribution in [0.3, 0.4) is 0 Å². The predicted octanol–water partition coefficient (Wildman–Crippen LogP) is 3.09. The zero-order chi connectivity index (χ0) is 9.26. The first-order chi connectivity index (χ1) is 6.27. The second-order valence-corrected chi connectivity index (χ2v) is 4.27. The molecule has 14 heavy (non-hydrogen) atoms. The summed E-state index contributed by atoms with van der Waals surface area (Å²) in [5.74, 6) is 0.259. The number of hydrogen-bond acceptors (Lipinski definition) is 1. The molecule has 1 fully saturated rings. The lowest BCUT2D eigenvalue weighted by molar-refractivity contribution is 0.588. The molecule has 0 aromatic heterocycles. The van der Waals surface area contributed by atoms with Gasteiger partial charge < -0.3 is 5.32 Å². The molecule has 0 saturated carbocycles. The van der Waals surface area contributed by atoms with E-state index in [9.17, 15) is 4.39 Å².